The van der Waals surface area contributed by atoms with Crippen LogP contribution in [0.15, 0.2) is 30.6 Å². The van der Waals surface area contributed by atoms with Crippen LogP contribution in [0.3, 0.4) is 0 Å². The predicted octanol–water partition coefficient (Wildman–Crippen LogP) is 2.54. The summed E-state index contributed by atoms with van der Waals surface area (Å²) >= 11 is 0. The molecule has 3 heterocycles. The van der Waals surface area contributed by atoms with Gasteiger partial charge in [0.1, 0.15) is 41.7 Å². The molecular formula is C23H29N5O6S. The Morgan fingerprint density at radius 1 is 1.11 bits per heavy atom. The summed E-state index contributed by atoms with van der Waals surface area (Å²) in [6.45, 7) is 5.71. The third-order valence-electron chi connectivity index (χ3n) is 6.10. The van der Waals surface area contributed by atoms with E-state index in [1.165, 1.54) is 14.2 Å². The van der Waals surface area contributed by atoms with E-state index in [4.69, 9.17) is 18.9 Å². The van der Waals surface area contributed by atoms with E-state index in [2.05, 4.69) is 20.2 Å². The first-order chi connectivity index (χ1) is 16.8. The van der Waals surface area contributed by atoms with Crippen LogP contribution in [0.4, 0.5) is 0 Å². The first-order valence-electron chi connectivity index (χ1n) is 11.1. The van der Waals surface area contributed by atoms with Gasteiger partial charge in [0.25, 0.3) is 0 Å². The van der Waals surface area contributed by atoms with E-state index in [1.807, 2.05) is 6.92 Å². The number of para-hydroxylation sites is 1. The fourth-order valence-corrected chi connectivity index (χ4v) is 5.43. The molecule has 35 heavy (non-hydrogen) atoms. The summed E-state index contributed by atoms with van der Waals surface area (Å²) in [5.74, 6) is 1.22. The average Bonchev–Trinajstić information content (AvgIpc) is 3.52. The molecular weight excluding hydrogens is 474 g/mol. The molecule has 1 aliphatic heterocycles. The predicted molar refractivity (Wildman–Crippen MR) is 126 cm³/mol. The maximum Gasteiger partial charge on any atom is 0.169 e. The number of hydrogen-bond acceptors (Lipinski definition) is 10. The third-order valence-corrected chi connectivity index (χ3v) is 8.30. The molecule has 1 fully saturated rings. The second-order valence-corrected chi connectivity index (χ2v) is 10.7. The topological polar surface area (TPSA) is 128 Å². The Morgan fingerprint density at radius 2 is 1.77 bits per heavy atom. The summed E-state index contributed by atoms with van der Waals surface area (Å²) < 4.78 is 50.9. The number of aryl methyl sites for hydroxylation is 1. The molecule has 3 aromatic rings. The van der Waals surface area contributed by atoms with Crippen molar-refractivity contribution in [3.8, 4) is 17.2 Å². The van der Waals surface area contributed by atoms with Gasteiger partial charge in [0.05, 0.1) is 26.1 Å². The van der Waals surface area contributed by atoms with Crippen molar-refractivity contribution in [3.63, 3.8) is 0 Å². The van der Waals surface area contributed by atoms with Gasteiger partial charge in [-0.3, -0.25) is 4.57 Å². The van der Waals surface area contributed by atoms with Crippen LogP contribution in [-0.2, 0) is 25.1 Å². The number of nitrogens with zero attached hydrogens (tertiary/aromatic N) is 5. The summed E-state index contributed by atoms with van der Waals surface area (Å²) in [4.78, 5) is 8.63. The van der Waals surface area contributed by atoms with E-state index in [1.54, 1.807) is 49.0 Å². The molecule has 11 nitrogen and oxygen atoms in total. The Balaban J connectivity index is 1.76. The van der Waals surface area contributed by atoms with Crippen molar-refractivity contribution in [1.29, 1.82) is 0 Å². The van der Waals surface area contributed by atoms with Crippen molar-refractivity contribution in [1.82, 2.24) is 24.7 Å². The first kappa shape index (κ1) is 25.0. The van der Waals surface area contributed by atoms with E-state index >= 15 is 0 Å². The molecule has 0 unspecified atom stereocenters. The number of sulfone groups is 1. The lowest BCUT2D eigenvalue weighted by Gasteiger charge is -2.21. The Labute approximate surface area is 204 Å². The lowest BCUT2D eigenvalue weighted by Crippen LogP contribution is -2.27. The van der Waals surface area contributed by atoms with E-state index in [0.29, 0.717) is 28.8 Å². The van der Waals surface area contributed by atoms with Crippen molar-refractivity contribution in [2.45, 2.75) is 43.8 Å². The van der Waals surface area contributed by atoms with Crippen molar-refractivity contribution in [2.75, 3.05) is 27.6 Å². The van der Waals surface area contributed by atoms with Gasteiger partial charge in [-0.1, -0.05) is 13.0 Å². The fourth-order valence-electron chi connectivity index (χ4n) is 3.88. The third kappa shape index (κ3) is 5.00. The SMILES string of the molecule is COc1cccc(OC)c1-n1c(CS(=O)(=O)[C@@H](C)[C@H](C)c2ncc(C)cn2)nnc1[C@H]1COCO1. The summed E-state index contributed by atoms with van der Waals surface area (Å²) in [7, 11) is -0.654. The number of ether oxygens (including phenoxy) is 4. The van der Waals surface area contributed by atoms with Gasteiger partial charge in [0, 0.05) is 18.3 Å². The molecule has 12 heteroatoms. The van der Waals surface area contributed by atoms with Gasteiger partial charge < -0.3 is 18.9 Å². The summed E-state index contributed by atoms with van der Waals surface area (Å²) in [5.41, 5.74) is 1.39. The molecule has 0 spiro atoms. The quantitative estimate of drug-likeness (QED) is 0.430. The maximum absolute atomic E-state index is 13.5. The first-order valence-corrected chi connectivity index (χ1v) is 12.8. The highest BCUT2D eigenvalue weighted by molar-refractivity contribution is 7.91. The molecule has 4 rings (SSSR count). The van der Waals surface area contributed by atoms with Crippen molar-refractivity contribution in [3.05, 3.63) is 53.6 Å². The number of benzene rings is 1. The highest BCUT2D eigenvalue weighted by atomic mass is 32.2. The monoisotopic (exact) mass is 503 g/mol. The van der Waals surface area contributed by atoms with E-state index in [9.17, 15) is 8.42 Å². The Morgan fingerprint density at radius 3 is 2.34 bits per heavy atom. The molecule has 0 aliphatic carbocycles. The van der Waals surface area contributed by atoms with Crippen LogP contribution in [-0.4, -0.2) is 66.0 Å². The highest BCUT2D eigenvalue weighted by Gasteiger charge is 2.34. The van der Waals surface area contributed by atoms with Gasteiger partial charge in [-0.05, 0) is 31.5 Å². The van der Waals surface area contributed by atoms with Crippen LogP contribution < -0.4 is 9.47 Å². The summed E-state index contributed by atoms with van der Waals surface area (Å²) in [6.07, 6.45) is 2.84. The Bertz CT molecular complexity index is 1250. The molecule has 188 valence electrons. The maximum atomic E-state index is 13.5. The molecule has 1 aliphatic rings. The Hall–Kier alpha value is -3.09. The average molecular weight is 504 g/mol. The second-order valence-electron chi connectivity index (χ2n) is 8.38. The summed E-state index contributed by atoms with van der Waals surface area (Å²) in [5, 5.41) is 7.77. The molecule has 2 aromatic heterocycles. The van der Waals surface area contributed by atoms with E-state index < -0.39 is 27.1 Å². The minimum atomic E-state index is -3.71. The highest BCUT2D eigenvalue weighted by Crippen LogP contribution is 2.37. The van der Waals surface area contributed by atoms with Crippen LogP contribution in [0, 0.1) is 6.92 Å². The van der Waals surface area contributed by atoms with Gasteiger partial charge in [0.15, 0.2) is 21.5 Å². The number of hydrogen-bond donors (Lipinski definition) is 0. The molecule has 0 radical (unpaired) electrons. The smallest absolute Gasteiger partial charge is 0.169 e. The number of aromatic nitrogens is 5. The molecule has 0 saturated carbocycles. The Kier molecular flexibility index (Phi) is 7.33. The molecule has 1 saturated heterocycles. The van der Waals surface area contributed by atoms with Gasteiger partial charge in [0.2, 0.25) is 0 Å². The molecule has 0 amide bonds. The van der Waals surface area contributed by atoms with Crippen LogP contribution in [0.5, 0.6) is 11.5 Å². The van der Waals surface area contributed by atoms with Crippen LogP contribution in [0.25, 0.3) is 5.69 Å². The van der Waals surface area contributed by atoms with E-state index in [0.717, 1.165) is 5.56 Å². The van der Waals surface area contributed by atoms with Gasteiger partial charge in [-0.2, -0.15) is 0 Å². The second kappa shape index (κ2) is 10.3. The van der Waals surface area contributed by atoms with Gasteiger partial charge in [-0.25, -0.2) is 18.4 Å². The molecule has 0 N–H and O–H groups in total. The zero-order valence-electron chi connectivity index (χ0n) is 20.3. The zero-order chi connectivity index (χ0) is 25.2. The van der Waals surface area contributed by atoms with Gasteiger partial charge >= 0.3 is 0 Å². The van der Waals surface area contributed by atoms with Crippen LogP contribution in [0.2, 0.25) is 0 Å². The minimum Gasteiger partial charge on any atom is -0.494 e. The normalized spacial score (nSPS) is 17.8. The number of rotatable bonds is 9. The number of methoxy groups -OCH3 is 2. The van der Waals surface area contributed by atoms with Crippen molar-refractivity contribution < 1.29 is 27.4 Å². The summed E-state index contributed by atoms with van der Waals surface area (Å²) in [6, 6.07) is 5.29. The van der Waals surface area contributed by atoms with Crippen LogP contribution >= 0.6 is 0 Å². The van der Waals surface area contributed by atoms with E-state index in [-0.39, 0.29) is 25.0 Å². The fraction of sp³-hybridized carbons (Fsp3) is 0.478. The lowest BCUT2D eigenvalue weighted by atomic mass is 10.1. The molecule has 0 bridgehead atoms. The lowest BCUT2D eigenvalue weighted by molar-refractivity contribution is 0.0438. The van der Waals surface area contributed by atoms with Crippen molar-refractivity contribution >= 4 is 9.84 Å². The largest absolute Gasteiger partial charge is 0.494 e. The zero-order valence-corrected chi connectivity index (χ0v) is 21.2. The molecule has 3 atom stereocenters. The molecule has 1 aromatic carbocycles. The minimum absolute atomic E-state index is 0.110. The standard InChI is InChI=1S/C23H29N5O6S/c1-14-9-24-22(25-10-14)15(2)16(3)35(29,30)12-20-26-27-23(19-11-33-13-34-19)28(20)21-17(31-4)7-6-8-18(21)32-5/h6-10,15-16,19H,11-13H2,1-5H3/t15-,16-,19+/m0/s1. The van der Waals surface area contributed by atoms with Gasteiger partial charge in [-0.15, -0.1) is 10.2 Å². The van der Waals surface area contributed by atoms with Crippen molar-refractivity contribution in [2.24, 2.45) is 0 Å². The van der Waals surface area contributed by atoms with Crippen LogP contribution in [0.1, 0.15) is 48.9 Å².